The molecule has 12 heteroatoms. The molecule has 0 aliphatic carbocycles. The van der Waals surface area contributed by atoms with Gasteiger partial charge in [-0.1, -0.05) is 12.1 Å². The summed E-state index contributed by atoms with van der Waals surface area (Å²) in [5.41, 5.74) is 14.6. The van der Waals surface area contributed by atoms with E-state index < -0.39 is 11.0 Å². The van der Waals surface area contributed by atoms with Crippen molar-refractivity contribution in [2.75, 3.05) is 17.6 Å². The standard InChI is InChI=1S/C21H18N10O2/c22-9-12-1-3-13(4-2-12)18-14(20-25-7-8-26-20)10-27-21(30-18)28-11-15(23)16-5-6-17(31(32)33)19(24)29-16/h1-8,10,15H,11,23H2,(H2,24,29)(H,25,26)(H,27,28,30). The van der Waals surface area contributed by atoms with Gasteiger partial charge in [0.2, 0.25) is 11.8 Å². The van der Waals surface area contributed by atoms with Gasteiger partial charge in [0.1, 0.15) is 5.82 Å². The average molecular weight is 442 g/mol. The molecule has 0 amide bonds. The Morgan fingerprint density at radius 2 is 1.97 bits per heavy atom. The summed E-state index contributed by atoms with van der Waals surface area (Å²) < 4.78 is 0. The van der Waals surface area contributed by atoms with E-state index in [4.69, 9.17) is 16.7 Å². The Kier molecular flexibility index (Phi) is 5.87. The molecule has 33 heavy (non-hydrogen) atoms. The lowest BCUT2D eigenvalue weighted by Gasteiger charge is -2.14. The Labute approximate surface area is 187 Å². The van der Waals surface area contributed by atoms with Crippen molar-refractivity contribution in [3.63, 3.8) is 0 Å². The number of imidazole rings is 1. The number of nitriles is 1. The highest BCUT2D eigenvalue weighted by Gasteiger charge is 2.17. The molecular weight excluding hydrogens is 424 g/mol. The first-order valence-electron chi connectivity index (χ1n) is 9.74. The van der Waals surface area contributed by atoms with Gasteiger partial charge >= 0.3 is 5.69 Å². The summed E-state index contributed by atoms with van der Waals surface area (Å²) in [7, 11) is 0. The zero-order valence-corrected chi connectivity index (χ0v) is 17.1. The molecule has 12 nitrogen and oxygen atoms in total. The molecule has 4 aromatic rings. The van der Waals surface area contributed by atoms with Crippen molar-refractivity contribution in [1.29, 1.82) is 5.26 Å². The SMILES string of the molecule is N#Cc1ccc(-c2nc(NCC(N)c3ccc([N+](=O)[O-])c(N)n3)ncc2-c2ncc[nH]2)cc1. The lowest BCUT2D eigenvalue weighted by atomic mass is 10.1. The Morgan fingerprint density at radius 1 is 1.18 bits per heavy atom. The molecule has 0 bridgehead atoms. The number of nitro groups is 1. The number of H-pyrrole nitrogens is 1. The molecular formula is C21H18N10O2. The van der Waals surface area contributed by atoms with Crippen LogP contribution in [0.15, 0.2) is 55.0 Å². The summed E-state index contributed by atoms with van der Waals surface area (Å²) in [6.45, 7) is 0.206. The normalized spacial score (nSPS) is 11.5. The molecule has 0 aliphatic rings. The fourth-order valence-corrected chi connectivity index (χ4v) is 3.13. The number of aromatic nitrogens is 5. The highest BCUT2D eigenvalue weighted by molar-refractivity contribution is 5.77. The lowest BCUT2D eigenvalue weighted by Crippen LogP contribution is -2.23. The minimum atomic E-state index is -0.611. The number of nitrogen functional groups attached to an aromatic ring is 1. The predicted octanol–water partition coefficient (Wildman–Crippen LogP) is 2.40. The number of pyridine rings is 1. The largest absolute Gasteiger partial charge is 0.378 e. The molecule has 0 saturated carbocycles. The number of anilines is 2. The molecule has 0 saturated heterocycles. The maximum Gasteiger partial charge on any atom is 0.311 e. The van der Waals surface area contributed by atoms with Crippen LogP contribution in [0.4, 0.5) is 17.5 Å². The van der Waals surface area contributed by atoms with Crippen LogP contribution in [0.1, 0.15) is 17.3 Å². The van der Waals surface area contributed by atoms with Crippen molar-refractivity contribution in [3.8, 4) is 28.7 Å². The van der Waals surface area contributed by atoms with Gasteiger partial charge in [0.15, 0.2) is 0 Å². The van der Waals surface area contributed by atoms with Crippen LogP contribution in [0.25, 0.3) is 22.6 Å². The van der Waals surface area contributed by atoms with Gasteiger partial charge in [-0.05, 0) is 18.2 Å². The zero-order valence-electron chi connectivity index (χ0n) is 17.1. The number of benzene rings is 1. The lowest BCUT2D eigenvalue weighted by molar-refractivity contribution is -0.384. The maximum atomic E-state index is 10.9. The van der Waals surface area contributed by atoms with E-state index in [1.807, 2.05) is 0 Å². The highest BCUT2D eigenvalue weighted by Crippen LogP contribution is 2.29. The number of aromatic amines is 1. The minimum absolute atomic E-state index is 0.199. The van der Waals surface area contributed by atoms with Crippen molar-refractivity contribution < 1.29 is 4.92 Å². The number of hydrogen-bond acceptors (Lipinski definition) is 10. The maximum absolute atomic E-state index is 10.9. The van der Waals surface area contributed by atoms with Crippen molar-refractivity contribution in [1.82, 2.24) is 24.9 Å². The molecule has 1 unspecified atom stereocenters. The van der Waals surface area contributed by atoms with Crippen LogP contribution in [-0.4, -0.2) is 36.4 Å². The van der Waals surface area contributed by atoms with Gasteiger partial charge in [0, 0.05) is 36.8 Å². The van der Waals surface area contributed by atoms with Gasteiger partial charge in [0.05, 0.1) is 39.5 Å². The van der Waals surface area contributed by atoms with Crippen LogP contribution in [0.2, 0.25) is 0 Å². The predicted molar refractivity (Wildman–Crippen MR) is 120 cm³/mol. The molecule has 6 N–H and O–H groups in total. The van der Waals surface area contributed by atoms with Gasteiger partial charge in [-0.15, -0.1) is 0 Å². The summed E-state index contributed by atoms with van der Waals surface area (Å²) in [5.74, 6) is 0.716. The van der Waals surface area contributed by atoms with Gasteiger partial charge < -0.3 is 21.8 Å². The van der Waals surface area contributed by atoms with E-state index in [1.54, 1.807) is 42.9 Å². The summed E-state index contributed by atoms with van der Waals surface area (Å²) in [6, 6.07) is 11.2. The van der Waals surface area contributed by atoms with Crippen molar-refractivity contribution in [3.05, 3.63) is 76.4 Å². The third kappa shape index (κ3) is 4.58. The molecule has 3 heterocycles. The second-order valence-electron chi connectivity index (χ2n) is 6.97. The first-order chi connectivity index (χ1) is 16.0. The molecule has 0 aliphatic heterocycles. The van der Waals surface area contributed by atoms with Crippen molar-refractivity contribution in [2.45, 2.75) is 6.04 Å². The van der Waals surface area contributed by atoms with Crippen molar-refractivity contribution >= 4 is 17.5 Å². The van der Waals surface area contributed by atoms with Crippen LogP contribution in [0.5, 0.6) is 0 Å². The first-order valence-corrected chi connectivity index (χ1v) is 9.74. The van der Waals surface area contributed by atoms with Gasteiger partial charge in [-0.3, -0.25) is 10.1 Å². The van der Waals surface area contributed by atoms with Gasteiger partial charge in [-0.2, -0.15) is 5.26 Å². The Balaban J connectivity index is 1.59. The van der Waals surface area contributed by atoms with Crippen molar-refractivity contribution in [2.24, 2.45) is 5.73 Å². The smallest absolute Gasteiger partial charge is 0.311 e. The van der Waals surface area contributed by atoms with E-state index in [0.29, 0.717) is 34.3 Å². The van der Waals surface area contributed by atoms with Crippen LogP contribution >= 0.6 is 0 Å². The summed E-state index contributed by atoms with van der Waals surface area (Å²) in [5, 5.41) is 23.0. The fourth-order valence-electron chi connectivity index (χ4n) is 3.13. The molecule has 0 spiro atoms. The quantitative estimate of drug-likeness (QED) is 0.243. The molecule has 164 valence electrons. The molecule has 1 atom stereocenters. The highest BCUT2D eigenvalue weighted by atomic mass is 16.6. The molecule has 0 fully saturated rings. The average Bonchev–Trinajstić information content (AvgIpc) is 3.37. The molecule has 3 aromatic heterocycles. The van der Waals surface area contributed by atoms with E-state index in [0.717, 1.165) is 5.56 Å². The minimum Gasteiger partial charge on any atom is -0.378 e. The van der Waals surface area contributed by atoms with Crippen LogP contribution in [0, 0.1) is 21.4 Å². The fraction of sp³-hybridized carbons (Fsp3) is 0.0952. The topological polar surface area (TPSA) is 198 Å². The molecule has 1 aromatic carbocycles. The summed E-state index contributed by atoms with van der Waals surface area (Å²) in [4.78, 5) is 30.6. The number of nitrogens with one attached hydrogen (secondary N) is 2. The monoisotopic (exact) mass is 442 g/mol. The second kappa shape index (κ2) is 9.08. The van der Waals surface area contributed by atoms with E-state index in [-0.39, 0.29) is 18.1 Å². The number of rotatable bonds is 7. The van der Waals surface area contributed by atoms with Crippen LogP contribution < -0.4 is 16.8 Å². The molecule has 0 radical (unpaired) electrons. The number of nitrogens with two attached hydrogens (primary N) is 2. The Hall–Kier alpha value is -4.89. The van der Waals surface area contributed by atoms with Gasteiger partial charge in [-0.25, -0.2) is 19.9 Å². The molecule has 4 rings (SSSR count). The zero-order chi connectivity index (χ0) is 23.4. The van der Waals surface area contributed by atoms with E-state index in [2.05, 4.69) is 36.3 Å². The van der Waals surface area contributed by atoms with Crippen LogP contribution in [-0.2, 0) is 0 Å². The van der Waals surface area contributed by atoms with E-state index in [9.17, 15) is 10.1 Å². The first kappa shape index (κ1) is 21.3. The van der Waals surface area contributed by atoms with E-state index in [1.165, 1.54) is 12.1 Å². The van der Waals surface area contributed by atoms with E-state index >= 15 is 0 Å². The van der Waals surface area contributed by atoms with Gasteiger partial charge in [0.25, 0.3) is 0 Å². The number of hydrogen-bond donors (Lipinski definition) is 4. The van der Waals surface area contributed by atoms with Crippen LogP contribution in [0.3, 0.4) is 0 Å². The Morgan fingerprint density at radius 3 is 2.61 bits per heavy atom. The Bertz CT molecular complexity index is 1330. The third-order valence-corrected chi connectivity index (χ3v) is 4.81. The number of nitrogens with zero attached hydrogens (tertiary/aromatic N) is 6. The summed E-state index contributed by atoms with van der Waals surface area (Å²) >= 11 is 0. The summed E-state index contributed by atoms with van der Waals surface area (Å²) in [6.07, 6.45) is 4.97. The second-order valence-corrected chi connectivity index (χ2v) is 6.97. The third-order valence-electron chi connectivity index (χ3n) is 4.81.